The quantitative estimate of drug-likeness (QED) is 0.157. The molecule has 0 amide bonds. The smallest absolute Gasteiger partial charge is 0.863 e. The first-order valence-electron chi connectivity index (χ1n) is 10.4. The summed E-state index contributed by atoms with van der Waals surface area (Å²) < 4.78 is 0. The first kappa shape index (κ1) is 36.8. The summed E-state index contributed by atoms with van der Waals surface area (Å²) in [5.74, 6) is -2.92. The molecule has 0 aliphatic rings. The number of rotatable bonds is 7. The Morgan fingerprint density at radius 2 is 0.756 bits per heavy atom. The average molecular weight is 718 g/mol. The van der Waals surface area contributed by atoms with E-state index >= 15 is 0 Å². The molecule has 4 aromatic rings. The number of nitrogens with zero attached hydrogens (tertiary/aromatic N) is 8. The van der Waals surface area contributed by atoms with E-state index in [9.17, 15) is 70.9 Å². The van der Waals surface area contributed by atoms with Gasteiger partial charge in [-0.2, -0.15) is 0 Å². The van der Waals surface area contributed by atoms with Crippen molar-refractivity contribution in [1.29, 1.82) is 0 Å². The van der Waals surface area contributed by atoms with Gasteiger partial charge in [0.25, 0.3) is 34.1 Å². The standard InChI is InChI=1S/C6H6N4S2.2C6H3N3O7.Cu/c7-5-9-3(1-11-5)4-2-12-6(8)10-4;2*10-6-4(8(13)14)1-3(7(11)12)2-5(6)9(15)16;/h1-2H,(H2,7,9)(H2,8,10);2*1-2,10H;/q;;;+2/p-2. The molecule has 4 rings (SSSR count). The summed E-state index contributed by atoms with van der Waals surface area (Å²) in [7, 11) is 0. The number of nitro benzene ring substituents is 6. The van der Waals surface area contributed by atoms with Gasteiger partial charge >= 0.3 is 17.1 Å². The molecule has 0 fully saturated rings. The second-order valence-electron chi connectivity index (χ2n) is 7.31. The SMILES string of the molecule is Nc1nc(-c2csc(N)n2)cs1.O=[N+]([O-])c1cc([N+](=O)[O-])c([O-])c([N+](=O)[O-])c1.O=[N+]([O-])c1cc([N+](=O)[O-])c([O-])c([N+](=O)[O-])c1.[Cu+2]. The third-order valence-corrected chi connectivity index (χ3v) is 5.93. The summed E-state index contributed by atoms with van der Waals surface area (Å²) in [4.78, 5) is 63.2. The minimum atomic E-state index is -1.46. The molecule has 0 atom stereocenters. The number of nitrogens with two attached hydrogens (primary N) is 2. The van der Waals surface area contributed by atoms with E-state index < -0.39 is 75.2 Å². The van der Waals surface area contributed by atoms with Crippen molar-refractivity contribution < 1.29 is 56.8 Å². The Morgan fingerprint density at radius 1 is 0.511 bits per heavy atom. The predicted octanol–water partition coefficient (Wildman–Crippen LogP) is 2.40. The van der Waals surface area contributed by atoms with E-state index in [-0.39, 0.29) is 17.1 Å². The summed E-state index contributed by atoms with van der Waals surface area (Å²) in [6, 6.07) is 1.54. The van der Waals surface area contributed by atoms with Gasteiger partial charge < -0.3 is 21.7 Å². The van der Waals surface area contributed by atoms with Crippen molar-refractivity contribution in [3.8, 4) is 22.9 Å². The van der Waals surface area contributed by atoms with Crippen LogP contribution in [0.5, 0.6) is 11.5 Å². The van der Waals surface area contributed by atoms with Gasteiger partial charge in [-0.1, -0.05) is 0 Å². The Hall–Kier alpha value is -6.18. The molecule has 0 spiro atoms. The molecule has 27 heteroatoms. The molecular formula is C18H10CuN10O14S2. The molecule has 2 aromatic heterocycles. The molecule has 0 bridgehead atoms. The fraction of sp³-hybridized carbons (Fsp3) is 0. The van der Waals surface area contributed by atoms with Crippen LogP contribution in [0.25, 0.3) is 11.4 Å². The maximum atomic E-state index is 11.1. The molecule has 0 aliphatic heterocycles. The monoisotopic (exact) mass is 717 g/mol. The Kier molecular flexibility index (Phi) is 12.6. The van der Waals surface area contributed by atoms with Gasteiger partial charge in [-0.25, -0.2) is 9.97 Å². The van der Waals surface area contributed by atoms with Crippen LogP contribution < -0.4 is 21.7 Å². The summed E-state index contributed by atoms with van der Waals surface area (Å²) in [5.41, 5.74) is 6.01. The van der Waals surface area contributed by atoms with Gasteiger partial charge in [0.1, 0.15) is 11.4 Å². The Labute approximate surface area is 263 Å². The Bertz CT molecular complexity index is 1610. The zero-order valence-electron chi connectivity index (χ0n) is 21.0. The fourth-order valence-electron chi connectivity index (χ4n) is 2.73. The molecule has 4 N–H and O–H groups in total. The van der Waals surface area contributed by atoms with Crippen molar-refractivity contribution >= 4 is 67.1 Å². The van der Waals surface area contributed by atoms with Gasteiger partial charge in [-0.15, -0.1) is 22.7 Å². The van der Waals surface area contributed by atoms with Gasteiger partial charge in [-0.05, 0) is 0 Å². The molecule has 0 saturated heterocycles. The fourth-order valence-corrected chi connectivity index (χ4v) is 3.85. The van der Waals surface area contributed by atoms with Gasteiger partial charge in [-0.3, -0.25) is 60.7 Å². The van der Waals surface area contributed by atoms with Crippen molar-refractivity contribution in [2.45, 2.75) is 0 Å². The van der Waals surface area contributed by atoms with Crippen LogP contribution in [0.15, 0.2) is 35.0 Å². The van der Waals surface area contributed by atoms with Gasteiger partial charge in [0.15, 0.2) is 10.3 Å². The number of thiazole rings is 2. The van der Waals surface area contributed by atoms with Crippen LogP contribution in [0, 0.1) is 60.7 Å². The molecule has 45 heavy (non-hydrogen) atoms. The number of hydrogen-bond donors (Lipinski definition) is 2. The topological polar surface area (TPSA) is 383 Å². The van der Waals surface area contributed by atoms with E-state index in [0.717, 1.165) is 11.4 Å². The van der Waals surface area contributed by atoms with Crippen LogP contribution in [-0.2, 0) is 17.1 Å². The van der Waals surface area contributed by atoms with Crippen LogP contribution >= 0.6 is 22.7 Å². The number of benzene rings is 2. The zero-order chi connectivity index (χ0) is 33.5. The van der Waals surface area contributed by atoms with Gasteiger partial charge in [0.05, 0.1) is 65.3 Å². The van der Waals surface area contributed by atoms with Crippen molar-refractivity contribution in [3.05, 3.63) is 95.7 Å². The van der Waals surface area contributed by atoms with E-state index in [0.29, 0.717) is 34.5 Å². The molecule has 2 aromatic carbocycles. The second kappa shape index (κ2) is 15.3. The molecule has 239 valence electrons. The maximum Gasteiger partial charge on any atom is 2.00 e. The average Bonchev–Trinajstić information content (AvgIpc) is 3.56. The molecule has 0 saturated carbocycles. The molecule has 0 aliphatic carbocycles. The molecule has 1 radical (unpaired) electrons. The minimum Gasteiger partial charge on any atom is -0.863 e. The maximum absolute atomic E-state index is 11.1. The van der Waals surface area contributed by atoms with E-state index in [2.05, 4.69) is 9.97 Å². The van der Waals surface area contributed by atoms with Gasteiger partial charge in [0.2, 0.25) is 0 Å². The first-order valence-corrected chi connectivity index (χ1v) is 12.2. The molecule has 2 heterocycles. The van der Waals surface area contributed by atoms with Crippen molar-refractivity contribution in [2.75, 3.05) is 11.5 Å². The normalized spacial score (nSPS) is 9.69. The Balaban J connectivity index is 0.000000337. The number of nitrogen functional groups attached to an aromatic ring is 2. The summed E-state index contributed by atoms with van der Waals surface area (Å²) in [6.45, 7) is 0. The van der Waals surface area contributed by atoms with Crippen LogP contribution in [0.3, 0.4) is 0 Å². The molecule has 24 nitrogen and oxygen atoms in total. The number of hydrogen-bond acceptors (Lipinski definition) is 20. The summed E-state index contributed by atoms with van der Waals surface area (Å²) >= 11 is 2.80. The summed E-state index contributed by atoms with van der Waals surface area (Å²) in [5, 5.41) is 89.0. The van der Waals surface area contributed by atoms with Crippen LogP contribution in [0.2, 0.25) is 0 Å². The second-order valence-corrected chi connectivity index (χ2v) is 9.09. The van der Waals surface area contributed by atoms with E-state index in [1.165, 1.54) is 22.7 Å². The number of non-ortho nitro benzene ring substituents is 2. The predicted molar refractivity (Wildman–Crippen MR) is 144 cm³/mol. The number of aromatic nitrogens is 2. The van der Waals surface area contributed by atoms with Crippen molar-refractivity contribution in [1.82, 2.24) is 9.97 Å². The largest absolute Gasteiger partial charge is 2.00 e. The van der Waals surface area contributed by atoms with Crippen LogP contribution in [0.1, 0.15) is 0 Å². The van der Waals surface area contributed by atoms with Crippen LogP contribution in [-0.4, -0.2) is 39.5 Å². The Morgan fingerprint density at radius 3 is 0.911 bits per heavy atom. The van der Waals surface area contributed by atoms with E-state index in [4.69, 9.17) is 11.5 Å². The number of nitro groups is 6. The van der Waals surface area contributed by atoms with Crippen LogP contribution in [0.4, 0.5) is 44.4 Å². The van der Waals surface area contributed by atoms with E-state index in [1.54, 1.807) is 0 Å². The van der Waals surface area contributed by atoms with Crippen molar-refractivity contribution in [3.63, 3.8) is 0 Å². The summed E-state index contributed by atoms with van der Waals surface area (Å²) in [6.07, 6.45) is 0. The van der Waals surface area contributed by atoms with Gasteiger partial charge in [0, 0.05) is 10.8 Å². The molecule has 0 unspecified atom stereocenters. The van der Waals surface area contributed by atoms with E-state index in [1.807, 2.05) is 10.8 Å². The first-order chi connectivity index (χ1) is 20.4. The zero-order valence-corrected chi connectivity index (χ0v) is 23.6. The van der Waals surface area contributed by atoms with Crippen molar-refractivity contribution in [2.24, 2.45) is 0 Å². The molecular weight excluding hydrogens is 708 g/mol. The number of anilines is 2. The minimum absolute atomic E-state index is 0. The third kappa shape index (κ3) is 9.41. The third-order valence-electron chi connectivity index (χ3n) is 4.58.